The average Bonchev–Trinajstić information content (AvgIpc) is 1.68. The number of allylic oxidation sites excluding steroid dienone is 2. The first-order valence-electron chi connectivity index (χ1n) is 2.72. The number of nitriles is 1. The van der Waals surface area contributed by atoms with E-state index < -0.39 is 0 Å². The molecule has 0 aliphatic rings. The van der Waals surface area contributed by atoms with Gasteiger partial charge >= 0.3 is 0 Å². The molecule has 0 spiro atoms. The largest absolute Gasteiger partial charge is 0.193 e. The van der Waals surface area contributed by atoms with Gasteiger partial charge in [0.25, 0.3) is 0 Å². The van der Waals surface area contributed by atoms with Gasteiger partial charge in [0.05, 0.1) is 17.5 Å². The fourth-order valence-electron chi connectivity index (χ4n) is 0.485. The van der Waals surface area contributed by atoms with Crippen LogP contribution in [0.2, 0.25) is 0 Å². The molecular weight excluding hydrogens is 117 g/mol. The van der Waals surface area contributed by atoms with Crippen molar-refractivity contribution >= 4 is 9.24 Å². The van der Waals surface area contributed by atoms with Gasteiger partial charge in [0, 0.05) is 15.7 Å². The minimum absolute atomic E-state index is 1.06. The molecule has 0 heterocycles. The van der Waals surface area contributed by atoms with Crippen LogP contribution in [0.3, 0.4) is 0 Å². The monoisotopic (exact) mass is 128 g/mol. The quantitative estimate of drug-likeness (QED) is 0.411. The molecule has 0 radical (unpaired) electrons. The first-order chi connectivity index (χ1) is 3.81. The van der Waals surface area contributed by atoms with Crippen molar-refractivity contribution in [2.24, 2.45) is 0 Å². The number of hydrogen-bond acceptors (Lipinski definition) is 1. The fourth-order valence-corrected chi connectivity index (χ4v) is 0.929. The lowest BCUT2D eigenvalue weighted by molar-refractivity contribution is 0.948. The topological polar surface area (TPSA) is 23.8 Å². The molecular formula is C6H11NP+. The summed E-state index contributed by atoms with van der Waals surface area (Å²) in [5, 5.41) is 9.35. The van der Waals surface area contributed by atoms with Gasteiger partial charge in [0.1, 0.15) is 0 Å². The summed E-state index contributed by atoms with van der Waals surface area (Å²) < 4.78 is 0. The van der Waals surface area contributed by atoms with Crippen LogP contribution in [0.5, 0.6) is 0 Å². The zero-order valence-corrected chi connectivity index (χ0v) is 6.56. The Labute approximate surface area is 52.6 Å². The van der Waals surface area contributed by atoms with Crippen molar-refractivity contribution in [2.75, 3.05) is 0 Å². The molecule has 44 valence electrons. The number of hydrogen-bond donors (Lipinski definition) is 0. The smallest absolute Gasteiger partial charge is 0.0949 e. The van der Waals surface area contributed by atoms with Crippen molar-refractivity contribution in [2.45, 2.75) is 19.8 Å². The Bertz CT molecular complexity index is 121. The van der Waals surface area contributed by atoms with Gasteiger partial charge < -0.3 is 0 Å². The molecule has 0 aromatic rings. The van der Waals surface area contributed by atoms with Gasteiger partial charge in [0.2, 0.25) is 0 Å². The van der Waals surface area contributed by atoms with Crippen LogP contribution in [-0.2, 0) is 0 Å². The van der Waals surface area contributed by atoms with E-state index in [0.29, 0.717) is 0 Å². The predicted molar refractivity (Wildman–Crippen MR) is 39.7 cm³/mol. The molecule has 0 aliphatic heterocycles. The molecule has 1 unspecified atom stereocenters. The van der Waals surface area contributed by atoms with E-state index in [0.717, 1.165) is 12.8 Å². The van der Waals surface area contributed by atoms with Crippen molar-refractivity contribution in [3.8, 4) is 6.07 Å². The third-order valence-corrected chi connectivity index (χ3v) is 1.40. The SMILES string of the molecule is CCCC([PH3+])=CC#N. The summed E-state index contributed by atoms with van der Waals surface area (Å²) >= 11 is 0. The zero-order valence-electron chi connectivity index (χ0n) is 5.15. The van der Waals surface area contributed by atoms with E-state index in [4.69, 9.17) is 5.26 Å². The van der Waals surface area contributed by atoms with Gasteiger partial charge in [-0.2, -0.15) is 5.26 Å². The van der Waals surface area contributed by atoms with Gasteiger partial charge in [-0.15, -0.1) is 0 Å². The summed E-state index contributed by atoms with van der Waals surface area (Å²) in [5.41, 5.74) is 0. The number of rotatable bonds is 2. The lowest BCUT2D eigenvalue weighted by atomic mass is 10.3. The fraction of sp³-hybridized carbons (Fsp3) is 0.500. The molecule has 0 N–H and O–H groups in total. The molecule has 1 nitrogen and oxygen atoms in total. The van der Waals surface area contributed by atoms with E-state index in [1.54, 1.807) is 15.3 Å². The van der Waals surface area contributed by atoms with Gasteiger partial charge in [0.15, 0.2) is 0 Å². The molecule has 0 aromatic carbocycles. The van der Waals surface area contributed by atoms with Crippen LogP contribution in [-0.4, -0.2) is 0 Å². The lowest BCUT2D eigenvalue weighted by Gasteiger charge is -1.83. The highest BCUT2D eigenvalue weighted by molar-refractivity contribution is 7.22. The number of nitrogens with zero attached hydrogens (tertiary/aromatic N) is 1. The molecule has 0 saturated heterocycles. The summed E-state index contributed by atoms with van der Waals surface area (Å²) in [6.07, 6.45) is 3.81. The molecule has 0 fully saturated rings. The molecule has 0 saturated carbocycles. The van der Waals surface area contributed by atoms with Gasteiger partial charge in [-0.05, 0) is 6.42 Å². The Balaban J connectivity index is 3.49. The van der Waals surface area contributed by atoms with E-state index in [1.807, 2.05) is 6.07 Å². The van der Waals surface area contributed by atoms with Crippen molar-refractivity contribution < 1.29 is 0 Å². The van der Waals surface area contributed by atoms with E-state index >= 15 is 0 Å². The first kappa shape index (κ1) is 7.66. The Morgan fingerprint density at radius 3 is 2.88 bits per heavy atom. The van der Waals surface area contributed by atoms with E-state index in [9.17, 15) is 0 Å². The highest BCUT2D eigenvalue weighted by atomic mass is 31.0. The predicted octanol–water partition coefficient (Wildman–Crippen LogP) is 1.80. The standard InChI is InChI=1S/C6H10NP/c1-2-3-6(8)4-5-7/h4H,2-3,8H2,1H3/p+1. The van der Waals surface area contributed by atoms with Gasteiger partial charge in [-0.3, -0.25) is 0 Å². The summed E-state index contributed by atoms with van der Waals surface area (Å²) in [5.74, 6) is 0. The van der Waals surface area contributed by atoms with Crippen LogP contribution in [0.1, 0.15) is 19.8 Å². The molecule has 1 atom stereocenters. The zero-order chi connectivity index (χ0) is 6.41. The summed E-state index contributed by atoms with van der Waals surface area (Å²) in [4.78, 5) is 0. The van der Waals surface area contributed by atoms with Crippen molar-refractivity contribution in [3.05, 3.63) is 11.4 Å². The Kier molecular flexibility index (Phi) is 4.61. The Morgan fingerprint density at radius 2 is 2.50 bits per heavy atom. The highest BCUT2D eigenvalue weighted by Gasteiger charge is 1.88. The van der Waals surface area contributed by atoms with E-state index in [-0.39, 0.29) is 0 Å². The van der Waals surface area contributed by atoms with Crippen LogP contribution < -0.4 is 0 Å². The van der Waals surface area contributed by atoms with Gasteiger partial charge in [-0.1, -0.05) is 6.92 Å². The minimum Gasteiger partial charge on any atom is -0.193 e. The Morgan fingerprint density at radius 1 is 1.88 bits per heavy atom. The molecule has 0 rings (SSSR count). The van der Waals surface area contributed by atoms with Crippen LogP contribution in [0.4, 0.5) is 0 Å². The Hall–Kier alpha value is -0.340. The maximum atomic E-state index is 8.14. The maximum absolute atomic E-state index is 8.14. The summed E-state index contributed by atoms with van der Waals surface area (Å²) in [7, 11) is 1.79. The molecule has 0 amide bonds. The van der Waals surface area contributed by atoms with Crippen LogP contribution in [0, 0.1) is 11.3 Å². The summed E-state index contributed by atoms with van der Waals surface area (Å²) in [6, 6.07) is 2.00. The van der Waals surface area contributed by atoms with Crippen molar-refractivity contribution in [1.82, 2.24) is 0 Å². The first-order valence-corrected chi connectivity index (χ1v) is 3.42. The van der Waals surface area contributed by atoms with E-state index in [1.165, 1.54) is 5.31 Å². The third kappa shape index (κ3) is 3.84. The second kappa shape index (κ2) is 4.81. The lowest BCUT2D eigenvalue weighted by Crippen LogP contribution is -1.66. The molecule has 0 bridgehead atoms. The molecule has 0 aliphatic carbocycles. The van der Waals surface area contributed by atoms with Gasteiger partial charge in [-0.25, -0.2) is 0 Å². The van der Waals surface area contributed by atoms with Crippen LogP contribution >= 0.6 is 9.24 Å². The molecule has 8 heavy (non-hydrogen) atoms. The minimum atomic E-state index is 1.06. The summed E-state index contributed by atoms with van der Waals surface area (Å²) in [6.45, 7) is 2.11. The maximum Gasteiger partial charge on any atom is 0.0949 e. The van der Waals surface area contributed by atoms with Crippen molar-refractivity contribution in [3.63, 3.8) is 0 Å². The second-order valence-corrected chi connectivity index (χ2v) is 2.59. The third-order valence-electron chi connectivity index (χ3n) is 0.840. The second-order valence-electron chi connectivity index (χ2n) is 1.68. The van der Waals surface area contributed by atoms with Crippen molar-refractivity contribution in [1.29, 1.82) is 5.26 Å². The highest BCUT2D eigenvalue weighted by Crippen LogP contribution is 2.10. The van der Waals surface area contributed by atoms with E-state index in [2.05, 4.69) is 6.92 Å². The van der Waals surface area contributed by atoms with Crippen LogP contribution in [0.15, 0.2) is 11.4 Å². The normalized spacial score (nSPS) is 11.2. The molecule has 2 heteroatoms. The van der Waals surface area contributed by atoms with Crippen LogP contribution in [0.25, 0.3) is 0 Å². The molecule has 0 aromatic heterocycles. The average molecular weight is 128 g/mol.